The van der Waals surface area contributed by atoms with E-state index in [4.69, 9.17) is 10.5 Å². The molecule has 0 saturated carbocycles. The van der Waals surface area contributed by atoms with E-state index in [1.54, 1.807) is 29.3 Å². The molecular weight excluding hydrogens is 388 g/mol. The minimum atomic E-state index is -0.867. The van der Waals surface area contributed by atoms with Crippen LogP contribution in [0.2, 0.25) is 0 Å². The van der Waals surface area contributed by atoms with Gasteiger partial charge in [0, 0.05) is 18.1 Å². The topological polar surface area (TPSA) is 90.5 Å². The molecule has 0 unspecified atom stereocenters. The van der Waals surface area contributed by atoms with Crippen molar-refractivity contribution in [1.82, 2.24) is 9.55 Å². The van der Waals surface area contributed by atoms with Crippen molar-refractivity contribution in [2.45, 2.75) is 18.2 Å². The molecule has 0 radical (unpaired) electrons. The zero-order chi connectivity index (χ0) is 20.4. The van der Waals surface area contributed by atoms with Gasteiger partial charge in [0.2, 0.25) is 5.91 Å². The number of primary amides is 1. The molecule has 0 spiro atoms. The first-order valence-electron chi connectivity index (χ1n) is 9.11. The first-order valence-corrected chi connectivity index (χ1v) is 10.1. The van der Waals surface area contributed by atoms with Crippen LogP contribution in [0.4, 0.5) is 5.69 Å². The van der Waals surface area contributed by atoms with Crippen molar-refractivity contribution in [1.29, 1.82) is 0 Å². The third-order valence-electron chi connectivity index (χ3n) is 4.60. The van der Waals surface area contributed by atoms with Gasteiger partial charge in [-0.1, -0.05) is 36.0 Å². The summed E-state index contributed by atoms with van der Waals surface area (Å²) in [5.41, 5.74) is 8.18. The molecule has 1 aliphatic heterocycles. The lowest BCUT2D eigenvalue weighted by Gasteiger charge is -2.33. The van der Waals surface area contributed by atoms with Gasteiger partial charge in [-0.2, -0.15) is 0 Å². The van der Waals surface area contributed by atoms with E-state index >= 15 is 0 Å². The molecule has 29 heavy (non-hydrogen) atoms. The summed E-state index contributed by atoms with van der Waals surface area (Å²) in [5, 5.41) is 0.719. The second-order valence-electron chi connectivity index (χ2n) is 6.69. The molecule has 1 aromatic heterocycles. The van der Waals surface area contributed by atoms with Crippen molar-refractivity contribution >= 4 is 29.3 Å². The average molecular weight is 408 g/mol. The van der Waals surface area contributed by atoms with Gasteiger partial charge in [-0.15, -0.1) is 0 Å². The van der Waals surface area contributed by atoms with Gasteiger partial charge >= 0.3 is 0 Å². The minimum absolute atomic E-state index is 0.0953. The Balaban J connectivity index is 1.52. The quantitative estimate of drug-likeness (QED) is 0.655. The number of nitrogens with two attached hydrogens (primary N) is 1. The van der Waals surface area contributed by atoms with Gasteiger partial charge < -0.3 is 15.4 Å². The highest BCUT2D eigenvalue weighted by atomic mass is 32.2. The lowest BCUT2D eigenvalue weighted by molar-refractivity contribution is -0.125. The highest BCUT2D eigenvalue weighted by Gasteiger charge is 2.32. The molecule has 0 aliphatic carbocycles. The van der Waals surface area contributed by atoms with Crippen LogP contribution in [0, 0.1) is 6.92 Å². The van der Waals surface area contributed by atoms with E-state index in [1.807, 2.05) is 42.0 Å². The number of imidazole rings is 1. The molecule has 0 saturated heterocycles. The van der Waals surface area contributed by atoms with Gasteiger partial charge in [0.05, 0.1) is 18.0 Å². The van der Waals surface area contributed by atoms with Gasteiger partial charge in [-0.25, -0.2) is 4.98 Å². The predicted octanol–water partition coefficient (Wildman–Crippen LogP) is 2.55. The number of aryl methyl sites for hydroxylation is 1. The Kier molecular flexibility index (Phi) is 5.26. The molecule has 0 fully saturated rings. The molecule has 2 aromatic carbocycles. The maximum Gasteiger partial charge on any atom is 0.260 e. The zero-order valence-electron chi connectivity index (χ0n) is 15.8. The summed E-state index contributed by atoms with van der Waals surface area (Å²) >= 11 is 1.34. The minimum Gasteiger partial charge on any atom is -0.477 e. The van der Waals surface area contributed by atoms with Crippen LogP contribution in [-0.2, 0) is 9.59 Å². The van der Waals surface area contributed by atoms with Crippen LogP contribution in [-0.4, -0.2) is 39.8 Å². The summed E-state index contributed by atoms with van der Waals surface area (Å²) in [6.07, 6.45) is 2.71. The Morgan fingerprint density at radius 3 is 2.86 bits per heavy atom. The number of thioether (sulfide) groups is 1. The normalized spacial score (nSPS) is 15.5. The highest BCUT2D eigenvalue weighted by Crippen LogP contribution is 2.34. The monoisotopic (exact) mass is 408 g/mol. The first kappa shape index (κ1) is 19.1. The fraction of sp³-hybridized carbons (Fsp3) is 0.190. The van der Waals surface area contributed by atoms with Gasteiger partial charge in [-0.05, 0) is 36.8 Å². The Morgan fingerprint density at radius 2 is 2.07 bits per heavy atom. The molecule has 3 aromatic rings. The molecule has 2 N–H and O–H groups in total. The fourth-order valence-electron chi connectivity index (χ4n) is 3.19. The first-order chi connectivity index (χ1) is 14.0. The van der Waals surface area contributed by atoms with Crippen LogP contribution in [0.25, 0.3) is 5.69 Å². The van der Waals surface area contributed by atoms with Crippen LogP contribution < -0.4 is 15.4 Å². The number of fused-ring (bicyclic) bond motifs is 1. The van der Waals surface area contributed by atoms with Crippen molar-refractivity contribution in [2.24, 2.45) is 5.73 Å². The van der Waals surface area contributed by atoms with Gasteiger partial charge in [0.15, 0.2) is 11.3 Å². The molecule has 1 atom stereocenters. The Bertz CT molecular complexity index is 1070. The van der Waals surface area contributed by atoms with Crippen LogP contribution >= 0.6 is 11.8 Å². The third kappa shape index (κ3) is 3.97. The Labute approximate surface area is 172 Å². The third-order valence-corrected chi connectivity index (χ3v) is 5.56. The molecular formula is C21H20N4O3S. The van der Waals surface area contributed by atoms with E-state index in [2.05, 4.69) is 11.1 Å². The lowest BCUT2D eigenvalue weighted by Crippen LogP contribution is -2.49. The number of nitrogens with zero attached hydrogens (tertiary/aromatic N) is 3. The number of amides is 2. The molecule has 2 heterocycles. The Hall–Kier alpha value is -3.26. The number of anilines is 1. The number of hydrogen-bond donors (Lipinski definition) is 1. The SMILES string of the molecule is Cc1cccc(-n2ccnc2SCC(=O)N2C[C@@H](C(N)=O)Oc3ccccc32)c1. The molecule has 4 rings (SSSR count). The van der Waals surface area contributed by atoms with E-state index in [1.165, 1.54) is 11.8 Å². The second-order valence-corrected chi connectivity index (χ2v) is 7.63. The van der Waals surface area contributed by atoms with E-state index in [9.17, 15) is 9.59 Å². The van der Waals surface area contributed by atoms with Crippen molar-refractivity contribution in [3.05, 3.63) is 66.5 Å². The average Bonchev–Trinajstić information content (AvgIpc) is 3.19. The number of carbonyl (C=O) groups excluding carboxylic acids is 2. The van der Waals surface area contributed by atoms with Crippen molar-refractivity contribution in [2.75, 3.05) is 17.2 Å². The van der Waals surface area contributed by atoms with Crippen LogP contribution in [0.1, 0.15) is 5.56 Å². The summed E-state index contributed by atoms with van der Waals surface area (Å²) < 4.78 is 7.57. The van der Waals surface area contributed by atoms with Crippen LogP contribution in [0.3, 0.4) is 0 Å². The van der Waals surface area contributed by atoms with Crippen molar-refractivity contribution in [3.8, 4) is 11.4 Å². The summed E-state index contributed by atoms with van der Waals surface area (Å²) in [5.74, 6) is -0.0965. The maximum absolute atomic E-state index is 13.0. The highest BCUT2D eigenvalue weighted by molar-refractivity contribution is 7.99. The number of hydrogen-bond acceptors (Lipinski definition) is 5. The molecule has 148 valence electrons. The largest absolute Gasteiger partial charge is 0.477 e. The fourth-order valence-corrected chi connectivity index (χ4v) is 4.04. The summed E-state index contributed by atoms with van der Waals surface area (Å²) in [6.45, 7) is 2.12. The van der Waals surface area contributed by atoms with E-state index in [0.717, 1.165) is 16.4 Å². The maximum atomic E-state index is 13.0. The Morgan fingerprint density at radius 1 is 1.24 bits per heavy atom. The molecule has 7 nitrogen and oxygen atoms in total. The lowest BCUT2D eigenvalue weighted by atomic mass is 10.2. The van der Waals surface area contributed by atoms with Crippen LogP contribution in [0.15, 0.2) is 66.1 Å². The van der Waals surface area contributed by atoms with Crippen LogP contribution in [0.5, 0.6) is 5.75 Å². The van der Waals surface area contributed by atoms with Gasteiger partial charge in [0.25, 0.3) is 5.91 Å². The van der Waals surface area contributed by atoms with Crippen molar-refractivity contribution < 1.29 is 14.3 Å². The molecule has 0 bridgehead atoms. The summed E-state index contributed by atoms with van der Waals surface area (Å²) in [4.78, 5) is 30.6. The number of benzene rings is 2. The van der Waals surface area contributed by atoms with E-state index in [-0.39, 0.29) is 18.2 Å². The zero-order valence-corrected chi connectivity index (χ0v) is 16.6. The van der Waals surface area contributed by atoms with Crippen molar-refractivity contribution in [3.63, 3.8) is 0 Å². The standard InChI is InChI=1S/C21H20N4O3S/c1-14-5-4-6-15(11-14)24-10-9-23-21(24)29-13-19(26)25-12-18(20(22)27)28-17-8-3-2-7-16(17)25/h2-11,18H,12-13H2,1H3,(H2,22,27)/t18-/m0/s1. The summed E-state index contributed by atoms with van der Waals surface area (Å²) in [6, 6.07) is 15.2. The summed E-state index contributed by atoms with van der Waals surface area (Å²) in [7, 11) is 0. The van der Waals surface area contributed by atoms with E-state index < -0.39 is 12.0 Å². The number of carbonyl (C=O) groups is 2. The number of rotatable bonds is 5. The smallest absolute Gasteiger partial charge is 0.260 e. The number of ether oxygens (including phenoxy) is 1. The number of para-hydroxylation sites is 2. The predicted molar refractivity (Wildman–Crippen MR) is 111 cm³/mol. The van der Waals surface area contributed by atoms with Gasteiger partial charge in [0.1, 0.15) is 5.75 Å². The van der Waals surface area contributed by atoms with Gasteiger partial charge in [-0.3, -0.25) is 14.2 Å². The molecule has 2 amide bonds. The number of aromatic nitrogens is 2. The molecule has 8 heteroatoms. The molecule has 1 aliphatic rings. The second kappa shape index (κ2) is 8.00. The van der Waals surface area contributed by atoms with E-state index in [0.29, 0.717) is 11.4 Å².